The number of hydrogen-bond acceptors (Lipinski definition) is 4. The molecule has 144 valence electrons. The van der Waals surface area contributed by atoms with Crippen molar-refractivity contribution in [1.82, 2.24) is 20.1 Å². The van der Waals surface area contributed by atoms with Crippen molar-refractivity contribution in [3.63, 3.8) is 0 Å². The van der Waals surface area contributed by atoms with Gasteiger partial charge in [0.25, 0.3) is 0 Å². The number of rotatable bonds is 5. The normalized spacial score (nSPS) is 15.4. The molecule has 1 aromatic heterocycles. The minimum atomic E-state index is 0.104. The van der Waals surface area contributed by atoms with Gasteiger partial charge in [0.05, 0.1) is 13.1 Å². The predicted molar refractivity (Wildman–Crippen MR) is 110 cm³/mol. The Labute approximate surface area is 168 Å². The van der Waals surface area contributed by atoms with Gasteiger partial charge in [-0.2, -0.15) is 0 Å². The minimum Gasteiger partial charge on any atom is -0.356 e. The van der Waals surface area contributed by atoms with Crippen molar-refractivity contribution in [3.8, 4) is 0 Å². The average molecular weight is 406 g/mol. The lowest BCUT2D eigenvalue weighted by Crippen LogP contribution is -2.54. The van der Waals surface area contributed by atoms with E-state index in [1.54, 1.807) is 11.3 Å². The summed E-state index contributed by atoms with van der Waals surface area (Å²) in [5.74, 6) is 0.872. The van der Waals surface area contributed by atoms with Crippen LogP contribution in [-0.4, -0.2) is 52.8 Å². The molecule has 0 aliphatic carbocycles. The van der Waals surface area contributed by atoms with Gasteiger partial charge < -0.3 is 15.1 Å². The molecular weight excluding hydrogens is 382 g/mol. The molecule has 1 N–H and O–H groups in total. The average Bonchev–Trinajstić information content (AvgIpc) is 3.07. The Morgan fingerprint density at radius 3 is 2.74 bits per heavy atom. The molecule has 6 nitrogen and oxygen atoms in total. The number of aliphatic imine (C=N–C) groups is 1. The molecule has 1 fully saturated rings. The minimum absolute atomic E-state index is 0.104. The van der Waals surface area contributed by atoms with Crippen molar-refractivity contribution in [3.05, 3.63) is 50.9 Å². The van der Waals surface area contributed by atoms with E-state index in [1.165, 1.54) is 4.88 Å². The zero-order chi connectivity index (χ0) is 19.2. The molecule has 1 aromatic carbocycles. The Morgan fingerprint density at radius 1 is 1.33 bits per heavy atom. The first-order chi connectivity index (χ1) is 13.0. The van der Waals surface area contributed by atoms with E-state index in [4.69, 9.17) is 11.6 Å². The Bertz CT molecular complexity index is 805. The smallest absolute Gasteiger partial charge is 0.242 e. The van der Waals surface area contributed by atoms with Crippen molar-refractivity contribution in [2.24, 2.45) is 4.99 Å². The van der Waals surface area contributed by atoms with Crippen LogP contribution in [0.2, 0.25) is 5.02 Å². The first kappa shape index (κ1) is 19.6. The number of aromatic nitrogens is 1. The fourth-order valence-electron chi connectivity index (χ4n) is 2.91. The van der Waals surface area contributed by atoms with Gasteiger partial charge in [-0.3, -0.25) is 4.79 Å². The Hall–Kier alpha value is -2.12. The van der Waals surface area contributed by atoms with Gasteiger partial charge in [0.2, 0.25) is 5.91 Å². The van der Waals surface area contributed by atoms with Crippen molar-refractivity contribution in [2.75, 3.05) is 26.2 Å². The van der Waals surface area contributed by atoms with Crippen LogP contribution in [-0.2, 0) is 17.9 Å². The van der Waals surface area contributed by atoms with Crippen molar-refractivity contribution in [2.45, 2.75) is 26.9 Å². The summed E-state index contributed by atoms with van der Waals surface area (Å²) in [5.41, 5.74) is 1.08. The maximum Gasteiger partial charge on any atom is 0.242 e. The van der Waals surface area contributed by atoms with Crippen LogP contribution in [0.15, 0.2) is 35.5 Å². The van der Waals surface area contributed by atoms with Crippen LogP contribution >= 0.6 is 22.9 Å². The van der Waals surface area contributed by atoms with Crippen LogP contribution in [0.4, 0.5) is 0 Å². The zero-order valence-corrected chi connectivity index (χ0v) is 17.2. The largest absolute Gasteiger partial charge is 0.356 e. The molecule has 0 atom stereocenters. The van der Waals surface area contributed by atoms with Crippen LogP contribution in [0.3, 0.4) is 0 Å². The van der Waals surface area contributed by atoms with Crippen LogP contribution in [0, 0.1) is 6.92 Å². The quantitative estimate of drug-likeness (QED) is 0.613. The highest BCUT2D eigenvalue weighted by Crippen LogP contribution is 2.15. The molecule has 1 aliphatic rings. The third-order valence-electron chi connectivity index (χ3n) is 4.27. The number of thiazole rings is 1. The molecule has 1 saturated heterocycles. The topological polar surface area (TPSA) is 60.8 Å². The summed E-state index contributed by atoms with van der Waals surface area (Å²) in [7, 11) is 0. The standard InChI is InChI=1S/C19H24ClN5OS/c1-3-21-19(23-11-17-22-10-14(2)27-17)25-9-8-24(18(26)13-25)12-15-4-6-16(20)7-5-15/h4-7,10H,3,8-9,11-13H2,1-2H3,(H,21,23). The molecule has 0 spiro atoms. The lowest BCUT2D eigenvalue weighted by molar-refractivity contribution is -0.135. The maximum atomic E-state index is 12.6. The second-order valence-electron chi connectivity index (χ2n) is 6.40. The highest BCUT2D eigenvalue weighted by atomic mass is 35.5. The van der Waals surface area contributed by atoms with Gasteiger partial charge in [-0.15, -0.1) is 11.3 Å². The summed E-state index contributed by atoms with van der Waals surface area (Å²) in [6.45, 7) is 7.71. The monoisotopic (exact) mass is 405 g/mol. The third-order valence-corrected chi connectivity index (χ3v) is 5.42. The predicted octanol–water partition coefficient (Wildman–Crippen LogP) is 2.91. The summed E-state index contributed by atoms with van der Waals surface area (Å²) in [5, 5.41) is 4.98. The number of carbonyl (C=O) groups excluding carboxylic acids is 1. The highest BCUT2D eigenvalue weighted by Gasteiger charge is 2.26. The van der Waals surface area contributed by atoms with E-state index < -0.39 is 0 Å². The summed E-state index contributed by atoms with van der Waals surface area (Å²) in [6.07, 6.45) is 1.86. The van der Waals surface area contributed by atoms with Crippen LogP contribution in [0.1, 0.15) is 22.4 Å². The van der Waals surface area contributed by atoms with E-state index in [2.05, 4.69) is 15.3 Å². The van der Waals surface area contributed by atoms with Gasteiger partial charge in [-0.1, -0.05) is 23.7 Å². The third kappa shape index (κ3) is 5.43. The first-order valence-electron chi connectivity index (χ1n) is 9.02. The number of carbonyl (C=O) groups is 1. The molecule has 2 heterocycles. The Kier molecular flexibility index (Phi) is 6.68. The van der Waals surface area contributed by atoms with Crippen molar-refractivity contribution in [1.29, 1.82) is 0 Å². The SMILES string of the molecule is CCNC(=NCc1ncc(C)s1)N1CCN(Cc2ccc(Cl)cc2)C(=O)C1. The molecule has 27 heavy (non-hydrogen) atoms. The van der Waals surface area contributed by atoms with Gasteiger partial charge in [-0.25, -0.2) is 9.98 Å². The van der Waals surface area contributed by atoms with Crippen LogP contribution in [0.25, 0.3) is 0 Å². The number of guanidine groups is 1. The molecule has 0 bridgehead atoms. The molecule has 1 aliphatic heterocycles. The zero-order valence-electron chi connectivity index (χ0n) is 15.6. The van der Waals surface area contributed by atoms with Crippen molar-refractivity contribution >= 4 is 34.8 Å². The Morgan fingerprint density at radius 2 is 2.11 bits per heavy atom. The molecule has 1 amide bonds. The fraction of sp³-hybridized carbons (Fsp3) is 0.421. The second-order valence-corrected chi connectivity index (χ2v) is 8.15. The number of benzene rings is 1. The maximum absolute atomic E-state index is 12.6. The van der Waals surface area contributed by atoms with E-state index in [1.807, 2.05) is 54.1 Å². The number of nitrogens with zero attached hydrogens (tertiary/aromatic N) is 4. The molecule has 0 saturated carbocycles. The van der Waals surface area contributed by atoms with E-state index in [9.17, 15) is 4.79 Å². The van der Waals surface area contributed by atoms with Gasteiger partial charge in [0.1, 0.15) is 5.01 Å². The van der Waals surface area contributed by atoms with E-state index in [-0.39, 0.29) is 5.91 Å². The molecule has 3 rings (SSSR count). The number of hydrogen-bond donors (Lipinski definition) is 1. The first-order valence-corrected chi connectivity index (χ1v) is 10.2. The fourth-order valence-corrected chi connectivity index (χ4v) is 3.75. The van der Waals surface area contributed by atoms with Gasteiger partial charge in [-0.05, 0) is 31.5 Å². The Balaban J connectivity index is 1.61. The number of halogens is 1. The summed E-state index contributed by atoms with van der Waals surface area (Å²) < 4.78 is 0. The second kappa shape index (κ2) is 9.19. The highest BCUT2D eigenvalue weighted by molar-refractivity contribution is 7.11. The number of piperazine rings is 1. The summed E-state index contributed by atoms with van der Waals surface area (Å²) >= 11 is 7.58. The van der Waals surface area contributed by atoms with Crippen LogP contribution in [0.5, 0.6) is 0 Å². The molecule has 0 radical (unpaired) electrons. The van der Waals surface area contributed by atoms with E-state index >= 15 is 0 Å². The van der Waals surface area contributed by atoms with Crippen LogP contribution < -0.4 is 5.32 Å². The van der Waals surface area contributed by atoms with Gasteiger partial charge in [0.15, 0.2) is 5.96 Å². The lowest BCUT2D eigenvalue weighted by Gasteiger charge is -2.36. The van der Waals surface area contributed by atoms with E-state index in [0.29, 0.717) is 31.2 Å². The van der Waals surface area contributed by atoms with Gasteiger partial charge >= 0.3 is 0 Å². The summed E-state index contributed by atoms with van der Waals surface area (Å²) in [4.78, 5) is 26.7. The summed E-state index contributed by atoms with van der Waals surface area (Å²) in [6, 6.07) is 7.63. The van der Waals surface area contributed by atoms with Gasteiger partial charge in [0, 0.05) is 42.3 Å². The lowest BCUT2D eigenvalue weighted by atomic mass is 10.2. The molecular formula is C19H24ClN5OS. The molecule has 2 aromatic rings. The number of nitrogens with one attached hydrogen (secondary N) is 1. The molecule has 0 unspecified atom stereocenters. The number of amides is 1. The van der Waals surface area contributed by atoms with Crippen molar-refractivity contribution < 1.29 is 4.79 Å². The molecule has 8 heteroatoms. The number of aryl methyl sites for hydroxylation is 1. The van der Waals surface area contributed by atoms with E-state index in [0.717, 1.165) is 29.6 Å².